The molecule has 0 spiro atoms. The zero-order chi connectivity index (χ0) is 9.31. The van der Waals surface area contributed by atoms with E-state index in [4.69, 9.17) is 9.31 Å². The fourth-order valence-corrected chi connectivity index (χ4v) is 1.54. The third-order valence-electron chi connectivity index (χ3n) is 2.28. The van der Waals surface area contributed by atoms with E-state index in [1.54, 1.807) is 0 Å². The Morgan fingerprint density at radius 1 is 1.23 bits per heavy atom. The van der Waals surface area contributed by atoms with Crippen LogP contribution in [0.4, 0.5) is 0 Å². The van der Waals surface area contributed by atoms with Gasteiger partial charge in [-0.05, 0) is 19.4 Å². The molecule has 1 aromatic carbocycles. The van der Waals surface area contributed by atoms with Crippen molar-refractivity contribution in [1.29, 1.82) is 0 Å². The summed E-state index contributed by atoms with van der Waals surface area (Å²) < 4.78 is 10.8. The van der Waals surface area contributed by atoms with Crippen LogP contribution in [0.15, 0.2) is 30.3 Å². The van der Waals surface area contributed by atoms with Gasteiger partial charge in [0, 0.05) is 0 Å². The lowest BCUT2D eigenvalue weighted by molar-refractivity contribution is 0.0730. The highest BCUT2D eigenvalue weighted by Gasteiger charge is 2.38. The van der Waals surface area contributed by atoms with Gasteiger partial charge in [-0.2, -0.15) is 0 Å². The first-order valence-electron chi connectivity index (χ1n) is 4.40. The molecule has 0 N–H and O–H groups in total. The monoisotopic (exact) mass is 175 g/mol. The smallest absolute Gasteiger partial charge is 0.405 e. The van der Waals surface area contributed by atoms with Crippen molar-refractivity contribution in [3.63, 3.8) is 0 Å². The summed E-state index contributed by atoms with van der Waals surface area (Å²) in [5.41, 5.74) is 0.891. The van der Waals surface area contributed by atoms with Crippen molar-refractivity contribution in [2.75, 3.05) is 0 Å². The van der Waals surface area contributed by atoms with Gasteiger partial charge in [-0.1, -0.05) is 30.3 Å². The maximum absolute atomic E-state index is 5.41. The zero-order valence-electron chi connectivity index (χ0n) is 7.86. The van der Waals surface area contributed by atoms with Crippen LogP contribution in [0.2, 0.25) is 0 Å². The third-order valence-corrected chi connectivity index (χ3v) is 2.28. The van der Waals surface area contributed by atoms with Crippen molar-refractivity contribution in [2.45, 2.75) is 25.6 Å². The van der Waals surface area contributed by atoms with Gasteiger partial charge in [0.1, 0.15) is 0 Å². The predicted octanol–water partition coefficient (Wildman–Crippen LogP) is 2.09. The molecule has 13 heavy (non-hydrogen) atoms. The van der Waals surface area contributed by atoms with E-state index < -0.39 is 0 Å². The molecule has 1 saturated heterocycles. The van der Waals surface area contributed by atoms with Crippen LogP contribution in [0.25, 0.3) is 0 Å². The Balaban J connectivity index is 2.27. The number of benzene rings is 1. The van der Waals surface area contributed by atoms with Crippen LogP contribution < -0.4 is 0 Å². The molecule has 1 aromatic rings. The minimum absolute atomic E-state index is 0.00806. The SMILES string of the molecule is CC1(C)O[B]OC1c1ccccc1. The standard InChI is InChI=1S/C10H12BO2/c1-10(2)9(12-11-13-10)8-6-4-3-5-7-8/h3-7,9H,1-2H3. The van der Waals surface area contributed by atoms with Crippen molar-refractivity contribution >= 4 is 7.69 Å². The zero-order valence-corrected chi connectivity index (χ0v) is 7.86. The fourth-order valence-electron chi connectivity index (χ4n) is 1.54. The minimum atomic E-state index is -0.263. The summed E-state index contributed by atoms with van der Waals surface area (Å²) in [6, 6.07) is 10.1. The maximum Gasteiger partial charge on any atom is 0.489 e. The normalized spacial score (nSPS) is 25.5. The molecule has 2 nitrogen and oxygen atoms in total. The summed E-state index contributed by atoms with van der Waals surface area (Å²) in [7, 11) is 1.43. The number of hydrogen-bond acceptors (Lipinski definition) is 2. The van der Waals surface area contributed by atoms with Crippen molar-refractivity contribution in [2.24, 2.45) is 0 Å². The quantitative estimate of drug-likeness (QED) is 0.608. The molecule has 1 aliphatic rings. The van der Waals surface area contributed by atoms with Gasteiger partial charge in [-0.15, -0.1) is 0 Å². The van der Waals surface area contributed by atoms with E-state index >= 15 is 0 Å². The van der Waals surface area contributed by atoms with Gasteiger partial charge in [0.25, 0.3) is 0 Å². The average molecular weight is 175 g/mol. The second kappa shape index (κ2) is 3.16. The molecule has 0 saturated carbocycles. The Hall–Kier alpha value is -0.795. The highest BCUT2D eigenvalue weighted by Crippen LogP contribution is 2.35. The molecule has 1 atom stereocenters. The van der Waals surface area contributed by atoms with Crippen LogP contribution in [0.3, 0.4) is 0 Å². The fraction of sp³-hybridized carbons (Fsp3) is 0.400. The van der Waals surface area contributed by atoms with E-state index in [0.717, 1.165) is 5.56 Å². The molecule has 1 unspecified atom stereocenters. The van der Waals surface area contributed by atoms with Gasteiger partial charge < -0.3 is 9.31 Å². The molecule has 1 radical (unpaired) electrons. The van der Waals surface area contributed by atoms with Crippen molar-refractivity contribution in [1.82, 2.24) is 0 Å². The summed E-state index contributed by atoms with van der Waals surface area (Å²) in [5, 5.41) is 0. The molecule has 1 heterocycles. The van der Waals surface area contributed by atoms with Gasteiger partial charge in [0.15, 0.2) is 0 Å². The van der Waals surface area contributed by atoms with Crippen LogP contribution in [-0.2, 0) is 9.31 Å². The molecule has 2 rings (SSSR count). The van der Waals surface area contributed by atoms with Crippen LogP contribution in [0.1, 0.15) is 25.5 Å². The Morgan fingerprint density at radius 2 is 1.92 bits per heavy atom. The van der Waals surface area contributed by atoms with Crippen LogP contribution in [-0.4, -0.2) is 13.3 Å². The summed E-state index contributed by atoms with van der Waals surface area (Å²) in [6.45, 7) is 4.04. The molecule has 0 amide bonds. The van der Waals surface area contributed by atoms with Gasteiger partial charge in [0.2, 0.25) is 0 Å². The Kier molecular flexibility index (Phi) is 2.14. The van der Waals surface area contributed by atoms with Crippen molar-refractivity contribution in [3.05, 3.63) is 35.9 Å². The largest absolute Gasteiger partial charge is 0.489 e. The molecule has 0 aromatic heterocycles. The lowest BCUT2D eigenvalue weighted by Crippen LogP contribution is -2.25. The first-order valence-corrected chi connectivity index (χ1v) is 4.40. The Labute approximate surface area is 79.2 Å². The predicted molar refractivity (Wildman–Crippen MR) is 51.2 cm³/mol. The van der Waals surface area contributed by atoms with Crippen LogP contribution in [0, 0.1) is 0 Å². The van der Waals surface area contributed by atoms with Gasteiger partial charge in [0.05, 0.1) is 11.7 Å². The van der Waals surface area contributed by atoms with Crippen LogP contribution >= 0.6 is 0 Å². The van der Waals surface area contributed by atoms with Gasteiger partial charge in [-0.25, -0.2) is 0 Å². The molecule has 0 aliphatic carbocycles. The van der Waals surface area contributed by atoms with E-state index in [-0.39, 0.29) is 11.7 Å². The topological polar surface area (TPSA) is 18.5 Å². The molecule has 3 heteroatoms. The van der Waals surface area contributed by atoms with Crippen molar-refractivity contribution in [3.8, 4) is 0 Å². The second-order valence-electron chi connectivity index (χ2n) is 3.74. The second-order valence-corrected chi connectivity index (χ2v) is 3.74. The van der Waals surface area contributed by atoms with E-state index in [2.05, 4.69) is 12.1 Å². The summed E-state index contributed by atoms with van der Waals surface area (Å²) in [5.74, 6) is 0. The van der Waals surface area contributed by atoms with E-state index in [1.807, 2.05) is 32.0 Å². The Morgan fingerprint density at radius 3 is 2.46 bits per heavy atom. The lowest BCUT2D eigenvalue weighted by Gasteiger charge is -2.25. The average Bonchev–Trinajstić information content (AvgIpc) is 2.47. The Bertz CT molecular complexity index is 284. The first kappa shape index (κ1) is 8.79. The van der Waals surface area contributed by atoms with E-state index in [0.29, 0.717) is 0 Å². The molecule has 67 valence electrons. The van der Waals surface area contributed by atoms with Crippen molar-refractivity contribution < 1.29 is 9.31 Å². The molecular weight excluding hydrogens is 163 g/mol. The summed E-state index contributed by atoms with van der Waals surface area (Å²) in [6.07, 6.45) is 0.00806. The summed E-state index contributed by atoms with van der Waals surface area (Å²) >= 11 is 0. The van der Waals surface area contributed by atoms with Gasteiger partial charge in [-0.3, -0.25) is 0 Å². The highest BCUT2D eigenvalue weighted by atomic mass is 16.6. The molecule has 1 fully saturated rings. The molecular formula is C10H12BO2. The first-order chi connectivity index (χ1) is 6.20. The highest BCUT2D eigenvalue weighted by molar-refractivity contribution is 6.19. The van der Waals surface area contributed by atoms with E-state index in [1.165, 1.54) is 7.69 Å². The van der Waals surface area contributed by atoms with Crippen LogP contribution in [0.5, 0.6) is 0 Å². The lowest BCUT2D eigenvalue weighted by atomic mass is 9.95. The number of hydrogen-bond donors (Lipinski definition) is 0. The van der Waals surface area contributed by atoms with Gasteiger partial charge >= 0.3 is 7.69 Å². The summed E-state index contributed by atoms with van der Waals surface area (Å²) in [4.78, 5) is 0. The minimum Gasteiger partial charge on any atom is -0.405 e. The number of rotatable bonds is 1. The third kappa shape index (κ3) is 1.62. The van der Waals surface area contributed by atoms with E-state index in [9.17, 15) is 0 Å². The molecule has 1 aliphatic heterocycles. The molecule has 0 bridgehead atoms. The maximum atomic E-state index is 5.41.